The van der Waals surface area contributed by atoms with Crippen molar-refractivity contribution in [1.82, 2.24) is 0 Å². The number of hydrogen-bond acceptors (Lipinski definition) is 4. The Balaban J connectivity index is 1.77. The van der Waals surface area contributed by atoms with Gasteiger partial charge in [-0.05, 0) is 31.6 Å². The maximum absolute atomic E-state index is 12.5. The molecule has 3 rings (SSSR count). The van der Waals surface area contributed by atoms with E-state index in [0.717, 1.165) is 51.4 Å². The number of nitro groups is 1. The van der Waals surface area contributed by atoms with Gasteiger partial charge in [0, 0.05) is 30.1 Å². The Kier molecular flexibility index (Phi) is 9.11. The molecule has 0 aromatic heterocycles. The zero-order valence-electron chi connectivity index (χ0n) is 15.2. The molecule has 1 aliphatic carbocycles. The van der Waals surface area contributed by atoms with Gasteiger partial charge in [0.25, 0.3) is 0 Å². The number of rotatable bonds is 12. The van der Waals surface area contributed by atoms with Crippen LogP contribution in [0.3, 0.4) is 0 Å². The highest BCUT2D eigenvalue weighted by atomic mass is 35.5. The van der Waals surface area contributed by atoms with E-state index in [-0.39, 0.29) is 41.5 Å². The Bertz CT molecular complexity index is 474. The van der Waals surface area contributed by atoms with Gasteiger partial charge in [-0.25, -0.2) is 0 Å². The second-order valence-electron chi connectivity index (χ2n) is 7.49. The average molecular weight is 406 g/mol. The van der Waals surface area contributed by atoms with E-state index in [2.05, 4.69) is 6.92 Å². The van der Waals surface area contributed by atoms with Gasteiger partial charge in [0.2, 0.25) is 6.04 Å². The zero-order valence-corrected chi connectivity index (χ0v) is 16.7. The molecule has 3 aliphatic rings. The lowest BCUT2D eigenvalue weighted by atomic mass is 9.73. The largest absolute Gasteiger partial charge is 0.360 e. The fourth-order valence-electron chi connectivity index (χ4n) is 4.07. The van der Waals surface area contributed by atoms with Crippen LogP contribution in [0.15, 0.2) is 0 Å². The van der Waals surface area contributed by atoms with Gasteiger partial charge in [-0.3, -0.25) is 14.9 Å². The van der Waals surface area contributed by atoms with Crippen LogP contribution in [0, 0.1) is 35.0 Å². The molecular weight excluding hydrogens is 377 g/mol. The molecule has 2 saturated heterocycles. The lowest BCUT2D eigenvalue weighted by Gasteiger charge is -2.46. The van der Waals surface area contributed by atoms with Gasteiger partial charge >= 0.3 is 0 Å². The molecule has 2 radical (unpaired) electrons. The van der Waals surface area contributed by atoms with Crippen molar-refractivity contribution >= 4 is 29.0 Å². The summed E-state index contributed by atoms with van der Waals surface area (Å²) in [5.74, 6) is 0.0513. The average Bonchev–Trinajstić information content (AvgIpc) is 2.63. The van der Waals surface area contributed by atoms with Gasteiger partial charge in [0.15, 0.2) is 11.9 Å². The third-order valence-corrected chi connectivity index (χ3v) is 6.27. The van der Waals surface area contributed by atoms with Crippen molar-refractivity contribution in [2.24, 2.45) is 11.8 Å². The standard InChI is InChI=1S/C19H29Cl2NO4/c1-2-3-4-5-6-7-14(22(24)25)9-10-16(23)18-13-8-11-17(26-18)15(12-13)19(20)21/h13-15,17,19H,1-12H2. The number of alkyl halides is 2. The van der Waals surface area contributed by atoms with E-state index >= 15 is 0 Å². The fraction of sp³-hybridized carbons (Fsp3) is 0.842. The summed E-state index contributed by atoms with van der Waals surface area (Å²) in [6.07, 6.45) is 8.78. The molecule has 7 heteroatoms. The number of ketones is 1. The first kappa shape index (κ1) is 21.9. The monoisotopic (exact) mass is 405 g/mol. The summed E-state index contributed by atoms with van der Waals surface area (Å²) in [6.45, 7) is 3.80. The van der Waals surface area contributed by atoms with Crippen molar-refractivity contribution in [3.63, 3.8) is 0 Å². The summed E-state index contributed by atoms with van der Waals surface area (Å²) in [5, 5.41) is 11.3. The maximum Gasteiger partial charge on any atom is 0.213 e. The number of carbonyl (C=O) groups excluding carboxylic acids is 1. The second kappa shape index (κ2) is 10.8. The van der Waals surface area contributed by atoms with Crippen molar-refractivity contribution in [3.8, 4) is 0 Å². The third-order valence-electron chi connectivity index (χ3n) is 5.62. The summed E-state index contributed by atoms with van der Waals surface area (Å²) < 4.78 is 5.86. The van der Waals surface area contributed by atoms with E-state index in [1.54, 1.807) is 0 Å². The molecule has 0 aromatic carbocycles. The fourth-order valence-corrected chi connectivity index (χ4v) is 4.60. The van der Waals surface area contributed by atoms with Crippen LogP contribution >= 0.6 is 23.2 Å². The van der Waals surface area contributed by atoms with Crippen LogP contribution in [0.2, 0.25) is 0 Å². The molecule has 1 saturated carbocycles. The zero-order chi connectivity index (χ0) is 19.1. The third kappa shape index (κ3) is 6.07. The van der Waals surface area contributed by atoms with Gasteiger partial charge in [0.05, 0.1) is 6.10 Å². The van der Waals surface area contributed by atoms with Crippen LogP contribution in [0.5, 0.6) is 0 Å². The second-order valence-corrected chi connectivity index (χ2v) is 8.65. The first-order chi connectivity index (χ1) is 12.4. The minimum atomic E-state index is -0.650. The summed E-state index contributed by atoms with van der Waals surface area (Å²) in [7, 11) is 0. The molecule has 2 heterocycles. The predicted octanol–water partition coefficient (Wildman–Crippen LogP) is 5.31. The summed E-state index contributed by atoms with van der Waals surface area (Å²) in [5.41, 5.74) is 0. The molecular formula is C19H29Cl2NO4. The molecule has 2 bridgehead atoms. The smallest absolute Gasteiger partial charge is 0.213 e. The van der Waals surface area contributed by atoms with Crippen LogP contribution in [-0.2, 0) is 9.53 Å². The van der Waals surface area contributed by atoms with E-state index in [1.165, 1.54) is 0 Å². The maximum atomic E-state index is 12.5. The van der Waals surface area contributed by atoms with Crippen LogP contribution in [0.25, 0.3) is 0 Å². The Labute approximate surface area is 166 Å². The number of hydrogen-bond donors (Lipinski definition) is 0. The highest BCUT2D eigenvalue weighted by molar-refractivity contribution is 6.44. The van der Waals surface area contributed by atoms with E-state index in [0.29, 0.717) is 12.5 Å². The number of halogens is 2. The highest BCUT2D eigenvalue weighted by Gasteiger charge is 2.48. The topological polar surface area (TPSA) is 69.4 Å². The van der Waals surface area contributed by atoms with E-state index < -0.39 is 10.9 Å². The van der Waals surface area contributed by atoms with Gasteiger partial charge in [0.1, 0.15) is 4.84 Å². The van der Waals surface area contributed by atoms with Crippen molar-refractivity contribution in [2.75, 3.05) is 0 Å². The van der Waals surface area contributed by atoms with Gasteiger partial charge in [-0.2, -0.15) is 0 Å². The van der Waals surface area contributed by atoms with Crippen LogP contribution < -0.4 is 0 Å². The van der Waals surface area contributed by atoms with Gasteiger partial charge < -0.3 is 4.74 Å². The van der Waals surface area contributed by atoms with Crippen molar-refractivity contribution in [2.45, 2.75) is 87.6 Å². The SMILES string of the molecule is [CH2]CCCCCCC(CCC(=O)[C]1OC2CCC1CC2C(Cl)Cl)[N+](=O)[O-]. The Morgan fingerprint density at radius 3 is 2.54 bits per heavy atom. The minimum absolute atomic E-state index is 0.0641. The lowest BCUT2D eigenvalue weighted by Crippen LogP contribution is -2.47. The molecule has 0 amide bonds. The Morgan fingerprint density at radius 1 is 1.23 bits per heavy atom. The summed E-state index contributed by atoms with van der Waals surface area (Å²) >= 11 is 12.0. The molecule has 0 aromatic rings. The minimum Gasteiger partial charge on any atom is -0.360 e. The van der Waals surface area contributed by atoms with Crippen LogP contribution in [0.4, 0.5) is 0 Å². The van der Waals surface area contributed by atoms with Crippen molar-refractivity contribution in [3.05, 3.63) is 23.1 Å². The number of nitrogens with zero attached hydrogens (tertiary/aromatic N) is 1. The molecule has 5 nitrogen and oxygen atoms in total. The van der Waals surface area contributed by atoms with Crippen molar-refractivity contribution < 1.29 is 14.5 Å². The van der Waals surface area contributed by atoms with E-state index in [1.807, 2.05) is 0 Å². The number of unbranched alkanes of at least 4 members (excludes halogenated alkanes) is 4. The Morgan fingerprint density at radius 2 is 1.96 bits per heavy atom. The van der Waals surface area contributed by atoms with Crippen LogP contribution in [0.1, 0.15) is 70.6 Å². The predicted molar refractivity (Wildman–Crippen MR) is 103 cm³/mol. The quantitative estimate of drug-likeness (QED) is 0.191. The van der Waals surface area contributed by atoms with Crippen molar-refractivity contribution in [1.29, 1.82) is 0 Å². The van der Waals surface area contributed by atoms with Gasteiger partial charge in [-0.15, -0.1) is 23.2 Å². The number of Topliss-reactive ketones (excluding diaryl/α,β-unsaturated/α-hetero) is 1. The summed E-state index contributed by atoms with van der Waals surface area (Å²) in [4.78, 5) is 23.1. The summed E-state index contributed by atoms with van der Waals surface area (Å²) in [6, 6.07) is -0.650. The molecule has 4 unspecified atom stereocenters. The number of fused-ring (bicyclic) bond motifs is 3. The van der Waals surface area contributed by atoms with Crippen LogP contribution in [-0.4, -0.2) is 27.7 Å². The van der Waals surface area contributed by atoms with E-state index in [9.17, 15) is 14.9 Å². The molecule has 4 atom stereocenters. The first-order valence-corrected chi connectivity index (χ1v) is 10.6. The van der Waals surface area contributed by atoms with E-state index in [4.69, 9.17) is 27.9 Å². The number of carbonyl (C=O) groups is 1. The molecule has 0 N–H and O–H groups in total. The highest BCUT2D eigenvalue weighted by Crippen LogP contribution is 2.48. The molecule has 0 spiro atoms. The molecule has 148 valence electrons. The first-order valence-electron chi connectivity index (χ1n) is 9.71. The lowest BCUT2D eigenvalue weighted by molar-refractivity contribution is -0.524. The number of ether oxygens (including phenoxy) is 1. The molecule has 3 fully saturated rings. The normalized spacial score (nSPS) is 27.0. The van der Waals surface area contributed by atoms with Gasteiger partial charge in [-0.1, -0.05) is 32.6 Å². The molecule has 2 aliphatic heterocycles. The Hall–Kier alpha value is -0.390. The molecule has 26 heavy (non-hydrogen) atoms.